The maximum atomic E-state index is 13.2. The highest BCUT2D eigenvalue weighted by atomic mass is 32.2. The first-order chi connectivity index (χ1) is 9.20. The number of hydrogen-bond acceptors (Lipinski definition) is 3. The molecule has 1 heterocycles. The van der Waals surface area contributed by atoms with Gasteiger partial charge in [-0.15, -0.1) is 11.8 Å². The molecule has 0 bridgehead atoms. The van der Waals surface area contributed by atoms with Gasteiger partial charge >= 0.3 is 0 Å². The molecular formula is C15H13FO2S. The van der Waals surface area contributed by atoms with Gasteiger partial charge in [0.25, 0.3) is 0 Å². The molecule has 0 aliphatic carbocycles. The third kappa shape index (κ3) is 3.63. The van der Waals surface area contributed by atoms with E-state index in [0.717, 1.165) is 16.2 Å². The van der Waals surface area contributed by atoms with Crippen LogP contribution in [0.3, 0.4) is 0 Å². The molecule has 0 radical (unpaired) electrons. The molecule has 0 aliphatic heterocycles. The van der Waals surface area contributed by atoms with Gasteiger partial charge in [-0.2, -0.15) is 0 Å². The van der Waals surface area contributed by atoms with Gasteiger partial charge in [0, 0.05) is 16.2 Å². The van der Waals surface area contributed by atoms with E-state index < -0.39 is 0 Å². The number of aryl methyl sites for hydroxylation is 1. The highest BCUT2D eigenvalue weighted by molar-refractivity contribution is 7.98. The van der Waals surface area contributed by atoms with Gasteiger partial charge in [-0.05, 0) is 30.7 Å². The number of aliphatic hydroxyl groups is 1. The quantitative estimate of drug-likeness (QED) is 0.689. The summed E-state index contributed by atoms with van der Waals surface area (Å²) in [6, 6.07) is 6.44. The number of thioether (sulfide) groups is 1. The van der Waals surface area contributed by atoms with Crippen LogP contribution in [-0.2, 0) is 5.75 Å². The summed E-state index contributed by atoms with van der Waals surface area (Å²) in [4.78, 5) is 1.06. The molecule has 19 heavy (non-hydrogen) atoms. The molecule has 0 aliphatic rings. The summed E-state index contributed by atoms with van der Waals surface area (Å²) in [6.07, 6.45) is 1.65. The lowest BCUT2D eigenvalue weighted by Crippen LogP contribution is -1.90. The standard InChI is InChI=1S/C15H13FO2S/c1-11-15(6-8-18-11)19-10-13-4-5-14(16)9-12(13)3-2-7-17/h4-6,8-9,17H,7,10H2,1H3. The Kier molecular flexibility index (Phi) is 4.67. The van der Waals surface area contributed by atoms with Crippen molar-refractivity contribution in [3.8, 4) is 11.8 Å². The first-order valence-corrected chi connectivity index (χ1v) is 6.74. The normalized spacial score (nSPS) is 10.1. The Hall–Kier alpha value is -1.70. The number of rotatable bonds is 3. The predicted molar refractivity (Wildman–Crippen MR) is 73.4 cm³/mol. The molecule has 2 aromatic rings. The Balaban J connectivity index is 2.17. The third-order valence-corrected chi connectivity index (χ3v) is 3.76. The zero-order valence-corrected chi connectivity index (χ0v) is 11.3. The molecule has 0 spiro atoms. The second-order valence-electron chi connectivity index (χ2n) is 3.89. The van der Waals surface area contributed by atoms with Crippen molar-refractivity contribution in [2.75, 3.05) is 6.61 Å². The van der Waals surface area contributed by atoms with Crippen molar-refractivity contribution < 1.29 is 13.9 Å². The number of aliphatic hydroxyl groups excluding tert-OH is 1. The number of furan rings is 1. The number of benzene rings is 1. The average Bonchev–Trinajstić information content (AvgIpc) is 2.81. The van der Waals surface area contributed by atoms with Crippen molar-refractivity contribution in [3.63, 3.8) is 0 Å². The maximum absolute atomic E-state index is 13.2. The molecule has 98 valence electrons. The SMILES string of the molecule is Cc1occc1SCc1ccc(F)cc1C#CCO. The lowest BCUT2D eigenvalue weighted by atomic mass is 10.1. The average molecular weight is 276 g/mol. The summed E-state index contributed by atoms with van der Waals surface area (Å²) in [6.45, 7) is 1.67. The van der Waals surface area contributed by atoms with Crippen molar-refractivity contribution in [1.82, 2.24) is 0 Å². The second-order valence-corrected chi connectivity index (χ2v) is 4.91. The van der Waals surface area contributed by atoms with E-state index >= 15 is 0 Å². The Morgan fingerprint density at radius 3 is 2.89 bits per heavy atom. The molecule has 0 amide bonds. The first kappa shape index (κ1) is 13.7. The summed E-state index contributed by atoms with van der Waals surface area (Å²) in [5.74, 6) is 6.54. The molecule has 0 saturated carbocycles. The minimum absolute atomic E-state index is 0.232. The first-order valence-electron chi connectivity index (χ1n) is 5.75. The zero-order valence-electron chi connectivity index (χ0n) is 10.4. The molecule has 2 nitrogen and oxygen atoms in total. The fourth-order valence-electron chi connectivity index (χ4n) is 1.60. The van der Waals surface area contributed by atoms with E-state index in [2.05, 4.69) is 11.8 Å². The minimum Gasteiger partial charge on any atom is -0.468 e. The van der Waals surface area contributed by atoms with Crippen LogP contribution in [0.15, 0.2) is 39.8 Å². The third-order valence-electron chi connectivity index (χ3n) is 2.57. The molecule has 0 atom stereocenters. The Morgan fingerprint density at radius 1 is 1.37 bits per heavy atom. The van der Waals surface area contributed by atoms with Gasteiger partial charge in [-0.3, -0.25) is 0 Å². The summed E-state index contributed by atoms with van der Waals surface area (Å²) >= 11 is 1.61. The van der Waals surface area contributed by atoms with Crippen LogP contribution in [0, 0.1) is 24.6 Å². The molecule has 0 unspecified atom stereocenters. The highest BCUT2D eigenvalue weighted by Crippen LogP contribution is 2.27. The molecule has 4 heteroatoms. The van der Waals surface area contributed by atoms with Gasteiger partial charge in [0.2, 0.25) is 0 Å². The Bertz CT molecular complexity index is 623. The molecule has 0 fully saturated rings. The molecule has 1 aromatic carbocycles. The van der Waals surface area contributed by atoms with Gasteiger partial charge in [0.1, 0.15) is 18.2 Å². The van der Waals surface area contributed by atoms with Crippen LogP contribution in [0.25, 0.3) is 0 Å². The number of hydrogen-bond donors (Lipinski definition) is 1. The van der Waals surface area contributed by atoms with E-state index in [1.54, 1.807) is 24.1 Å². The van der Waals surface area contributed by atoms with Crippen LogP contribution >= 0.6 is 11.8 Å². The van der Waals surface area contributed by atoms with Crippen molar-refractivity contribution in [3.05, 3.63) is 53.2 Å². The van der Waals surface area contributed by atoms with E-state index in [4.69, 9.17) is 9.52 Å². The van der Waals surface area contributed by atoms with Gasteiger partial charge < -0.3 is 9.52 Å². The summed E-state index contributed by atoms with van der Waals surface area (Å²) in [7, 11) is 0. The molecule has 0 saturated heterocycles. The van der Waals surface area contributed by atoms with Crippen LogP contribution < -0.4 is 0 Å². The van der Waals surface area contributed by atoms with Crippen LogP contribution in [0.1, 0.15) is 16.9 Å². The maximum Gasteiger partial charge on any atom is 0.124 e. The van der Waals surface area contributed by atoms with Crippen molar-refractivity contribution >= 4 is 11.8 Å². The summed E-state index contributed by atoms with van der Waals surface area (Å²) in [5, 5.41) is 8.72. The van der Waals surface area contributed by atoms with Crippen molar-refractivity contribution in [2.45, 2.75) is 17.6 Å². The monoisotopic (exact) mass is 276 g/mol. The van der Waals surface area contributed by atoms with Crippen molar-refractivity contribution in [2.24, 2.45) is 0 Å². The van der Waals surface area contributed by atoms with Crippen LogP contribution in [0.5, 0.6) is 0 Å². The van der Waals surface area contributed by atoms with E-state index in [9.17, 15) is 4.39 Å². The summed E-state index contributed by atoms with van der Waals surface area (Å²) < 4.78 is 18.4. The smallest absolute Gasteiger partial charge is 0.124 e. The van der Waals surface area contributed by atoms with E-state index in [-0.39, 0.29) is 12.4 Å². The topological polar surface area (TPSA) is 33.4 Å². The molecule has 2 rings (SSSR count). The lowest BCUT2D eigenvalue weighted by Gasteiger charge is -2.04. The Morgan fingerprint density at radius 2 is 2.21 bits per heavy atom. The zero-order chi connectivity index (χ0) is 13.7. The van der Waals surface area contributed by atoms with E-state index in [1.165, 1.54) is 12.1 Å². The van der Waals surface area contributed by atoms with E-state index in [0.29, 0.717) is 11.3 Å². The largest absolute Gasteiger partial charge is 0.468 e. The van der Waals surface area contributed by atoms with Gasteiger partial charge in [0.05, 0.1) is 6.26 Å². The second kappa shape index (κ2) is 6.46. The van der Waals surface area contributed by atoms with Gasteiger partial charge in [0.15, 0.2) is 0 Å². The van der Waals surface area contributed by atoms with Crippen molar-refractivity contribution in [1.29, 1.82) is 0 Å². The molecular weight excluding hydrogens is 263 g/mol. The number of halogens is 1. The minimum atomic E-state index is -0.324. The van der Waals surface area contributed by atoms with Crippen LogP contribution in [-0.4, -0.2) is 11.7 Å². The van der Waals surface area contributed by atoms with Gasteiger partial charge in [-0.25, -0.2) is 4.39 Å². The predicted octanol–water partition coefficient (Wildman–Crippen LogP) is 3.36. The van der Waals surface area contributed by atoms with Gasteiger partial charge in [-0.1, -0.05) is 17.9 Å². The molecule has 1 N–H and O–H groups in total. The molecule has 1 aromatic heterocycles. The lowest BCUT2D eigenvalue weighted by molar-refractivity contribution is 0.350. The Labute approximate surface area is 115 Å². The van der Waals surface area contributed by atoms with Crippen LogP contribution in [0.4, 0.5) is 4.39 Å². The fourth-order valence-corrected chi connectivity index (χ4v) is 2.57. The fraction of sp³-hybridized carbons (Fsp3) is 0.200. The summed E-state index contributed by atoms with van der Waals surface area (Å²) in [5.41, 5.74) is 1.55. The highest BCUT2D eigenvalue weighted by Gasteiger charge is 2.06. The van der Waals surface area contributed by atoms with Crippen LogP contribution in [0.2, 0.25) is 0 Å². The van der Waals surface area contributed by atoms with E-state index in [1.807, 2.05) is 13.0 Å².